The quantitative estimate of drug-likeness (QED) is 0.498. The molecule has 0 aliphatic carbocycles. The summed E-state index contributed by atoms with van der Waals surface area (Å²) in [5.41, 5.74) is 1.49. The fourth-order valence-corrected chi connectivity index (χ4v) is 1.97. The smallest absolute Gasteiger partial charge is 0.119 e. The molecular formula is C14H20N2O3. The molecule has 0 unspecified atom stereocenters. The number of ether oxygens (including phenoxy) is 2. The van der Waals surface area contributed by atoms with Crippen molar-refractivity contribution in [3.05, 3.63) is 29.8 Å². The third kappa shape index (κ3) is 4.22. The van der Waals surface area contributed by atoms with Crippen LogP contribution in [0.15, 0.2) is 29.4 Å². The van der Waals surface area contributed by atoms with E-state index >= 15 is 0 Å². The molecule has 1 aliphatic heterocycles. The Morgan fingerprint density at radius 2 is 2.00 bits per heavy atom. The predicted octanol–water partition coefficient (Wildman–Crippen LogP) is 1.60. The standard InChI is InChI=1S/C14H20N2O3/c1-12(15-17)13-2-4-14(5-3-13)19-11-8-16-6-9-18-10-7-16/h2-5,17H,6-11H2,1H3/b15-12-. The molecule has 1 aliphatic rings. The van der Waals surface area contributed by atoms with E-state index in [-0.39, 0.29) is 0 Å². The van der Waals surface area contributed by atoms with Crippen molar-refractivity contribution in [1.29, 1.82) is 0 Å². The zero-order valence-corrected chi connectivity index (χ0v) is 11.2. The minimum Gasteiger partial charge on any atom is -0.492 e. The second-order valence-electron chi connectivity index (χ2n) is 4.51. The SMILES string of the molecule is C/C(=N/O)c1ccc(OCCN2CCOCC2)cc1. The molecule has 1 aromatic rings. The van der Waals surface area contributed by atoms with Crippen LogP contribution in [0.25, 0.3) is 0 Å². The van der Waals surface area contributed by atoms with Crippen LogP contribution in [0, 0.1) is 0 Å². The van der Waals surface area contributed by atoms with Gasteiger partial charge in [-0.1, -0.05) is 5.16 Å². The third-order valence-electron chi connectivity index (χ3n) is 3.20. The van der Waals surface area contributed by atoms with Gasteiger partial charge < -0.3 is 14.7 Å². The maximum Gasteiger partial charge on any atom is 0.119 e. The van der Waals surface area contributed by atoms with Gasteiger partial charge in [0.15, 0.2) is 0 Å². The minimum atomic E-state index is 0.597. The van der Waals surface area contributed by atoms with E-state index in [1.54, 1.807) is 6.92 Å². The molecule has 0 amide bonds. The van der Waals surface area contributed by atoms with Crippen molar-refractivity contribution in [1.82, 2.24) is 4.90 Å². The summed E-state index contributed by atoms with van der Waals surface area (Å²) in [7, 11) is 0. The molecule has 1 fully saturated rings. The Bertz CT molecular complexity index is 411. The number of benzene rings is 1. The van der Waals surface area contributed by atoms with Gasteiger partial charge in [-0.2, -0.15) is 0 Å². The highest BCUT2D eigenvalue weighted by Gasteiger charge is 2.09. The van der Waals surface area contributed by atoms with Gasteiger partial charge in [-0.25, -0.2) is 0 Å². The Hall–Kier alpha value is -1.59. The van der Waals surface area contributed by atoms with Crippen molar-refractivity contribution in [3.8, 4) is 5.75 Å². The average Bonchev–Trinajstić information content (AvgIpc) is 2.48. The Labute approximate surface area is 113 Å². The highest BCUT2D eigenvalue weighted by molar-refractivity contribution is 5.98. The van der Waals surface area contributed by atoms with Crippen molar-refractivity contribution >= 4 is 5.71 Å². The van der Waals surface area contributed by atoms with Gasteiger partial charge in [0.2, 0.25) is 0 Å². The van der Waals surface area contributed by atoms with E-state index in [0.29, 0.717) is 12.3 Å². The number of hydrogen-bond donors (Lipinski definition) is 1. The number of hydrogen-bond acceptors (Lipinski definition) is 5. The van der Waals surface area contributed by atoms with E-state index in [1.807, 2.05) is 24.3 Å². The van der Waals surface area contributed by atoms with Gasteiger partial charge in [0.1, 0.15) is 12.4 Å². The van der Waals surface area contributed by atoms with Crippen molar-refractivity contribution in [2.24, 2.45) is 5.16 Å². The second kappa shape index (κ2) is 7.11. The molecular weight excluding hydrogens is 244 g/mol. The summed E-state index contributed by atoms with van der Waals surface area (Å²) in [6.45, 7) is 6.94. The molecule has 0 atom stereocenters. The first-order valence-electron chi connectivity index (χ1n) is 6.51. The fourth-order valence-electron chi connectivity index (χ4n) is 1.97. The number of morpholine rings is 1. The molecule has 0 radical (unpaired) electrons. The van der Waals surface area contributed by atoms with Crippen LogP contribution in [0.4, 0.5) is 0 Å². The normalized spacial score (nSPS) is 17.4. The summed E-state index contributed by atoms with van der Waals surface area (Å²) in [6.07, 6.45) is 0. The molecule has 2 rings (SSSR count). The van der Waals surface area contributed by atoms with Crippen molar-refractivity contribution in [2.45, 2.75) is 6.92 Å². The summed E-state index contributed by atoms with van der Waals surface area (Å²) < 4.78 is 11.0. The fraction of sp³-hybridized carbons (Fsp3) is 0.500. The lowest BCUT2D eigenvalue weighted by atomic mass is 10.1. The molecule has 0 saturated carbocycles. The Morgan fingerprint density at radius 3 is 2.63 bits per heavy atom. The number of rotatable bonds is 5. The molecule has 1 aromatic carbocycles. The van der Waals surface area contributed by atoms with Crippen LogP contribution < -0.4 is 4.74 Å². The molecule has 5 heteroatoms. The van der Waals surface area contributed by atoms with Crippen molar-refractivity contribution in [2.75, 3.05) is 39.5 Å². The summed E-state index contributed by atoms with van der Waals surface area (Å²) in [4.78, 5) is 2.33. The van der Waals surface area contributed by atoms with Gasteiger partial charge in [0.25, 0.3) is 0 Å². The molecule has 0 spiro atoms. The first-order valence-corrected chi connectivity index (χ1v) is 6.51. The third-order valence-corrected chi connectivity index (χ3v) is 3.20. The molecule has 104 valence electrons. The van der Waals surface area contributed by atoms with Gasteiger partial charge in [0.05, 0.1) is 18.9 Å². The molecule has 0 aromatic heterocycles. The molecule has 5 nitrogen and oxygen atoms in total. The lowest BCUT2D eigenvalue weighted by Gasteiger charge is -2.26. The summed E-state index contributed by atoms with van der Waals surface area (Å²) >= 11 is 0. The van der Waals surface area contributed by atoms with Gasteiger partial charge >= 0.3 is 0 Å². The van der Waals surface area contributed by atoms with Gasteiger partial charge in [-0.15, -0.1) is 0 Å². The molecule has 1 saturated heterocycles. The van der Waals surface area contributed by atoms with Crippen LogP contribution in [-0.2, 0) is 4.74 Å². The van der Waals surface area contributed by atoms with Crippen LogP contribution in [0.2, 0.25) is 0 Å². The van der Waals surface area contributed by atoms with Crippen LogP contribution in [0.3, 0.4) is 0 Å². The highest BCUT2D eigenvalue weighted by Crippen LogP contribution is 2.13. The van der Waals surface area contributed by atoms with E-state index in [2.05, 4.69) is 10.1 Å². The largest absolute Gasteiger partial charge is 0.492 e. The molecule has 19 heavy (non-hydrogen) atoms. The minimum absolute atomic E-state index is 0.597. The molecule has 1 N–H and O–H groups in total. The van der Waals surface area contributed by atoms with Gasteiger partial charge in [0, 0.05) is 19.6 Å². The summed E-state index contributed by atoms with van der Waals surface area (Å²) in [6, 6.07) is 7.56. The van der Waals surface area contributed by atoms with Crippen LogP contribution in [-0.4, -0.2) is 55.3 Å². The zero-order chi connectivity index (χ0) is 13.5. The zero-order valence-electron chi connectivity index (χ0n) is 11.2. The second-order valence-corrected chi connectivity index (χ2v) is 4.51. The lowest BCUT2D eigenvalue weighted by molar-refractivity contribution is 0.0322. The first kappa shape index (κ1) is 13.8. The summed E-state index contributed by atoms with van der Waals surface area (Å²) in [5, 5.41) is 11.9. The topological polar surface area (TPSA) is 54.3 Å². The number of nitrogens with zero attached hydrogens (tertiary/aromatic N) is 2. The van der Waals surface area contributed by atoms with E-state index in [4.69, 9.17) is 14.7 Å². The Balaban J connectivity index is 1.76. The summed E-state index contributed by atoms with van der Waals surface area (Å²) in [5.74, 6) is 0.836. The Kier molecular flexibility index (Phi) is 5.18. The average molecular weight is 264 g/mol. The molecule has 1 heterocycles. The van der Waals surface area contributed by atoms with E-state index < -0.39 is 0 Å². The van der Waals surface area contributed by atoms with E-state index in [0.717, 1.165) is 44.2 Å². The number of oxime groups is 1. The highest BCUT2D eigenvalue weighted by atomic mass is 16.5. The Morgan fingerprint density at radius 1 is 1.32 bits per heavy atom. The maximum atomic E-state index is 8.68. The van der Waals surface area contributed by atoms with E-state index in [9.17, 15) is 0 Å². The van der Waals surface area contributed by atoms with Gasteiger partial charge in [-0.3, -0.25) is 4.90 Å². The van der Waals surface area contributed by atoms with Crippen LogP contribution in [0.1, 0.15) is 12.5 Å². The van der Waals surface area contributed by atoms with Crippen molar-refractivity contribution in [3.63, 3.8) is 0 Å². The first-order chi connectivity index (χ1) is 9.29. The maximum absolute atomic E-state index is 8.68. The molecule has 0 bridgehead atoms. The van der Waals surface area contributed by atoms with Crippen molar-refractivity contribution < 1.29 is 14.7 Å². The monoisotopic (exact) mass is 264 g/mol. The predicted molar refractivity (Wildman–Crippen MR) is 73.2 cm³/mol. The van der Waals surface area contributed by atoms with Crippen LogP contribution >= 0.6 is 0 Å². The van der Waals surface area contributed by atoms with Gasteiger partial charge in [-0.05, 0) is 36.8 Å². The van der Waals surface area contributed by atoms with Crippen LogP contribution in [0.5, 0.6) is 5.75 Å². The lowest BCUT2D eigenvalue weighted by Crippen LogP contribution is -2.38. The van der Waals surface area contributed by atoms with E-state index in [1.165, 1.54) is 0 Å².